The van der Waals surface area contributed by atoms with Gasteiger partial charge in [-0.15, -0.1) is 6.58 Å². The van der Waals surface area contributed by atoms with E-state index in [4.69, 9.17) is 27.9 Å². The van der Waals surface area contributed by atoms with Gasteiger partial charge in [-0.05, 0) is 66.6 Å². The smallest absolute Gasteiger partial charge is 0.264 e. The molecule has 3 aromatic carbocycles. The van der Waals surface area contributed by atoms with Crippen molar-refractivity contribution in [2.24, 2.45) is 0 Å². The Morgan fingerprint density at radius 2 is 1.67 bits per heavy atom. The van der Waals surface area contributed by atoms with Crippen molar-refractivity contribution in [3.8, 4) is 11.6 Å². The maximum absolute atomic E-state index is 13.2. The van der Waals surface area contributed by atoms with Gasteiger partial charge in [-0.3, -0.25) is 9.59 Å². The van der Waals surface area contributed by atoms with Crippen LogP contribution in [0.15, 0.2) is 97.7 Å². The Morgan fingerprint density at radius 1 is 1.00 bits per heavy atom. The molecule has 4 rings (SSSR count). The number of hydrogen-bond donors (Lipinski definition) is 2. The first kappa shape index (κ1) is 30.7. The van der Waals surface area contributed by atoms with E-state index < -0.39 is 38.9 Å². The van der Waals surface area contributed by atoms with E-state index in [1.165, 1.54) is 54.7 Å². The second kappa shape index (κ2) is 13.2. The SMILES string of the molecule is C=CC(c1ccccc1Cl)S(=O)(=O)NC(=O)c1ccc([C@H](C)NC(=O)c2cc(Cl)cnc2Oc2ccc(F)cc2)cc1. The summed E-state index contributed by atoms with van der Waals surface area (Å²) in [6.45, 7) is 5.30. The number of amides is 2. The van der Waals surface area contributed by atoms with Crippen LogP contribution in [0.25, 0.3) is 0 Å². The molecule has 12 heteroatoms. The molecule has 0 aliphatic carbocycles. The van der Waals surface area contributed by atoms with Crippen molar-refractivity contribution in [2.75, 3.05) is 0 Å². The third-order valence-electron chi connectivity index (χ3n) is 6.11. The van der Waals surface area contributed by atoms with Gasteiger partial charge in [-0.2, -0.15) is 0 Å². The molecule has 0 radical (unpaired) electrons. The Morgan fingerprint density at radius 3 is 2.31 bits per heavy atom. The van der Waals surface area contributed by atoms with Gasteiger partial charge in [0.15, 0.2) is 0 Å². The highest BCUT2D eigenvalue weighted by molar-refractivity contribution is 7.90. The van der Waals surface area contributed by atoms with Gasteiger partial charge < -0.3 is 10.1 Å². The standard InChI is InChI=1S/C30H24Cl2FN3O5S/c1-3-27(24-6-4-5-7-26(24)32)42(39,40)36-28(37)20-10-8-19(9-11-20)18(2)35-29(38)25-16-21(31)17-34-30(25)41-23-14-12-22(33)13-15-23/h3-18,27H,1H2,2H3,(H,35,38)(H,36,37)/t18-,27?/m0/s1. The summed E-state index contributed by atoms with van der Waals surface area (Å²) in [5.74, 6) is -1.59. The van der Waals surface area contributed by atoms with Crippen molar-refractivity contribution in [3.63, 3.8) is 0 Å². The first-order chi connectivity index (χ1) is 20.0. The molecule has 42 heavy (non-hydrogen) atoms. The topological polar surface area (TPSA) is 114 Å². The molecular weight excluding hydrogens is 604 g/mol. The van der Waals surface area contributed by atoms with E-state index >= 15 is 0 Å². The maximum atomic E-state index is 13.2. The number of hydrogen-bond acceptors (Lipinski definition) is 6. The Hall–Kier alpha value is -4.25. The molecule has 0 bridgehead atoms. The normalized spacial score (nSPS) is 12.6. The minimum Gasteiger partial charge on any atom is -0.438 e. The van der Waals surface area contributed by atoms with Crippen molar-refractivity contribution >= 4 is 45.0 Å². The number of benzene rings is 3. The number of nitrogens with one attached hydrogen (secondary N) is 2. The summed E-state index contributed by atoms with van der Waals surface area (Å²) in [5.41, 5.74) is 1.04. The predicted molar refractivity (Wildman–Crippen MR) is 159 cm³/mol. The van der Waals surface area contributed by atoms with E-state index in [1.54, 1.807) is 43.3 Å². The summed E-state index contributed by atoms with van der Waals surface area (Å²) in [6, 6.07) is 18.5. The van der Waals surface area contributed by atoms with Crippen molar-refractivity contribution < 1.29 is 27.1 Å². The van der Waals surface area contributed by atoms with Crippen LogP contribution in [0.3, 0.4) is 0 Å². The number of rotatable bonds is 10. The first-order valence-corrected chi connectivity index (χ1v) is 14.7. The summed E-state index contributed by atoms with van der Waals surface area (Å²) >= 11 is 12.2. The third-order valence-corrected chi connectivity index (χ3v) is 8.24. The van der Waals surface area contributed by atoms with Crippen LogP contribution in [0.4, 0.5) is 4.39 Å². The number of pyridine rings is 1. The Balaban J connectivity index is 1.45. The van der Waals surface area contributed by atoms with Crippen LogP contribution in [0.1, 0.15) is 50.1 Å². The molecule has 1 aromatic heterocycles. The van der Waals surface area contributed by atoms with Crippen molar-refractivity contribution in [3.05, 3.63) is 136 Å². The molecule has 2 atom stereocenters. The lowest BCUT2D eigenvalue weighted by molar-refractivity contribution is 0.0934. The monoisotopic (exact) mass is 627 g/mol. The second-order valence-corrected chi connectivity index (χ2v) is 11.7. The number of nitrogens with zero attached hydrogens (tertiary/aromatic N) is 1. The fourth-order valence-electron chi connectivity index (χ4n) is 3.94. The lowest BCUT2D eigenvalue weighted by Gasteiger charge is -2.17. The fourth-order valence-corrected chi connectivity index (χ4v) is 5.72. The van der Waals surface area contributed by atoms with Crippen molar-refractivity contribution in [2.45, 2.75) is 18.2 Å². The molecule has 0 fully saturated rings. The van der Waals surface area contributed by atoms with E-state index in [9.17, 15) is 22.4 Å². The number of sulfonamides is 1. The molecule has 1 unspecified atom stereocenters. The second-order valence-electron chi connectivity index (χ2n) is 9.03. The van der Waals surface area contributed by atoms with Gasteiger partial charge in [-0.25, -0.2) is 22.5 Å². The zero-order valence-electron chi connectivity index (χ0n) is 22.1. The average molecular weight is 629 g/mol. The van der Waals surface area contributed by atoms with Gasteiger partial charge in [0.25, 0.3) is 11.8 Å². The molecule has 0 aliphatic rings. The highest BCUT2D eigenvalue weighted by Gasteiger charge is 2.28. The van der Waals surface area contributed by atoms with Gasteiger partial charge in [0, 0.05) is 16.8 Å². The maximum Gasteiger partial charge on any atom is 0.264 e. The Labute approximate surface area is 252 Å². The minimum atomic E-state index is -4.21. The number of halogens is 3. The van der Waals surface area contributed by atoms with Crippen molar-refractivity contribution in [1.82, 2.24) is 15.0 Å². The van der Waals surface area contributed by atoms with Gasteiger partial charge >= 0.3 is 0 Å². The number of carbonyl (C=O) groups is 2. The summed E-state index contributed by atoms with van der Waals surface area (Å²) in [5, 5.41) is 1.99. The lowest BCUT2D eigenvalue weighted by atomic mass is 10.1. The highest BCUT2D eigenvalue weighted by atomic mass is 35.5. The summed E-state index contributed by atoms with van der Waals surface area (Å²) in [7, 11) is -4.21. The van der Waals surface area contributed by atoms with E-state index in [0.717, 1.165) is 0 Å². The Kier molecular flexibility index (Phi) is 9.62. The van der Waals surface area contributed by atoms with Crippen LogP contribution in [0.5, 0.6) is 11.6 Å². The molecular formula is C30H24Cl2FN3O5S. The van der Waals surface area contributed by atoms with Crippen LogP contribution in [0, 0.1) is 5.82 Å². The number of aromatic nitrogens is 1. The number of carbonyl (C=O) groups excluding carboxylic acids is 2. The number of ether oxygens (including phenoxy) is 1. The zero-order chi connectivity index (χ0) is 30.4. The molecule has 0 spiro atoms. The zero-order valence-corrected chi connectivity index (χ0v) is 24.4. The lowest BCUT2D eigenvalue weighted by Crippen LogP contribution is -2.34. The van der Waals surface area contributed by atoms with E-state index in [0.29, 0.717) is 5.56 Å². The van der Waals surface area contributed by atoms with E-state index in [-0.39, 0.29) is 38.4 Å². The molecule has 0 aliphatic heterocycles. The van der Waals surface area contributed by atoms with Gasteiger partial charge in [0.05, 0.1) is 11.1 Å². The first-order valence-electron chi connectivity index (χ1n) is 12.4. The molecule has 216 valence electrons. The average Bonchev–Trinajstić information content (AvgIpc) is 2.96. The fraction of sp³-hybridized carbons (Fsp3) is 0.100. The summed E-state index contributed by atoms with van der Waals surface area (Å²) in [6.07, 6.45) is 2.51. The summed E-state index contributed by atoms with van der Waals surface area (Å²) < 4.78 is 46.9. The van der Waals surface area contributed by atoms with Gasteiger partial charge in [-0.1, -0.05) is 59.6 Å². The molecule has 4 aromatic rings. The predicted octanol–water partition coefficient (Wildman–Crippen LogP) is 6.80. The van der Waals surface area contributed by atoms with Crippen LogP contribution < -0.4 is 14.8 Å². The van der Waals surface area contributed by atoms with Gasteiger partial charge in [0.1, 0.15) is 22.4 Å². The third kappa shape index (κ3) is 7.33. The summed E-state index contributed by atoms with van der Waals surface area (Å²) in [4.78, 5) is 30.0. The largest absolute Gasteiger partial charge is 0.438 e. The van der Waals surface area contributed by atoms with Crippen LogP contribution in [0.2, 0.25) is 10.0 Å². The van der Waals surface area contributed by atoms with Gasteiger partial charge in [0.2, 0.25) is 15.9 Å². The molecule has 2 amide bonds. The van der Waals surface area contributed by atoms with Crippen LogP contribution >= 0.6 is 23.2 Å². The van der Waals surface area contributed by atoms with E-state index in [1.807, 2.05) is 0 Å². The molecule has 1 heterocycles. The Bertz CT molecular complexity index is 1730. The quantitative estimate of drug-likeness (QED) is 0.187. The van der Waals surface area contributed by atoms with Crippen LogP contribution in [-0.2, 0) is 10.0 Å². The molecule has 0 saturated heterocycles. The van der Waals surface area contributed by atoms with Crippen molar-refractivity contribution in [1.29, 1.82) is 0 Å². The van der Waals surface area contributed by atoms with E-state index in [2.05, 4.69) is 21.6 Å². The molecule has 0 saturated carbocycles. The highest BCUT2D eigenvalue weighted by Crippen LogP contribution is 2.30. The minimum absolute atomic E-state index is 0.0291. The molecule has 2 N–H and O–H groups in total. The van der Waals surface area contributed by atoms with Crippen LogP contribution in [-0.4, -0.2) is 25.2 Å². The molecule has 8 nitrogen and oxygen atoms in total.